The van der Waals surface area contributed by atoms with Crippen molar-refractivity contribution in [3.63, 3.8) is 0 Å². The first-order chi connectivity index (χ1) is 15.8. The number of amides is 3. The van der Waals surface area contributed by atoms with Gasteiger partial charge >= 0.3 is 0 Å². The van der Waals surface area contributed by atoms with E-state index in [9.17, 15) is 19.2 Å². The molecule has 8 nitrogen and oxygen atoms in total. The molecule has 0 bridgehead atoms. The zero-order chi connectivity index (χ0) is 24.4. The Kier molecular flexibility index (Phi) is 10.5. The Morgan fingerprint density at radius 2 is 1.79 bits per heavy atom. The van der Waals surface area contributed by atoms with E-state index in [0.717, 1.165) is 13.1 Å². The third-order valence-electron chi connectivity index (χ3n) is 6.29. The van der Waals surface area contributed by atoms with Crippen molar-refractivity contribution in [3.8, 4) is 0 Å². The lowest BCUT2D eigenvalue weighted by Crippen LogP contribution is -2.53. The van der Waals surface area contributed by atoms with Gasteiger partial charge in [-0.3, -0.25) is 24.5 Å². The number of anilines is 1. The first kappa shape index (κ1) is 26.5. The summed E-state index contributed by atoms with van der Waals surface area (Å²) in [5.41, 5.74) is 1.22. The van der Waals surface area contributed by atoms with Crippen molar-refractivity contribution in [2.45, 2.75) is 57.9 Å². The molecule has 8 heteroatoms. The molecule has 0 aliphatic carbocycles. The van der Waals surface area contributed by atoms with Crippen LogP contribution in [0.1, 0.15) is 72.6 Å². The van der Waals surface area contributed by atoms with Gasteiger partial charge in [0.1, 0.15) is 6.04 Å². The van der Waals surface area contributed by atoms with Gasteiger partial charge in [-0.1, -0.05) is 44.7 Å². The number of rotatable bonds is 13. The van der Waals surface area contributed by atoms with Gasteiger partial charge in [-0.2, -0.15) is 0 Å². The molecule has 1 aliphatic rings. The summed E-state index contributed by atoms with van der Waals surface area (Å²) in [7, 11) is 5.54. The number of aldehydes is 1. The number of imide groups is 1. The summed E-state index contributed by atoms with van der Waals surface area (Å²) < 4.78 is 0. The van der Waals surface area contributed by atoms with Crippen molar-refractivity contribution in [3.05, 3.63) is 29.3 Å². The second kappa shape index (κ2) is 13.1. The summed E-state index contributed by atoms with van der Waals surface area (Å²) in [5, 5.41) is 2.29. The molecule has 1 unspecified atom stereocenters. The lowest BCUT2D eigenvalue weighted by molar-refractivity contribution is -0.136. The molecule has 1 aromatic rings. The van der Waals surface area contributed by atoms with Gasteiger partial charge in [0.15, 0.2) is 6.29 Å². The molecule has 1 heterocycles. The second-order valence-corrected chi connectivity index (χ2v) is 8.88. The number of unbranched alkanes of at least 4 members (excludes halogenated alkanes) is 4. The number of piperidine rings is 1. The Morgan fingerprint density at radius 1 is 1.06 bits per heavy atom. The van der Waals surface area contributed by atoms with E-state index in [-0.39, 0.29) is 29.9 Å². The van der Waals surface area contributed by atoms with E-state index in [1.807, 2.05) is 18.0 Å². The molecule has 0 spiro atoms. The van der Waals surface area contributed by atoms with E-state index in [1.165, 1.54) is 37.0 Å². The molecular weight excluding hydrogens is 420 g/mol. The number of likely N-dealkylation sites (N-methyl/N-ethyl adjacent to an activating group) is 3. The van der Waals surface area contributed by atoms with Gasteiger partial charge in [0.05, 0.1) is 11.3 Å². The Bertz CT molecular complexity index is 842. The number of hydrogen-bond donors (Lipinski definition) is 1. The molecule has 1 saturated heterocycles. The maximum Gasteiger partial charge on any atom is 0.257 e. The summed E-state index contributed by atoms with van der Waals surface area (Å²) in [6.07, 6.45) is 7.32. The van der Waals surface area contributed by atoms with Gasteiger partial charge in [0.2, 0.25) is 11.8 Å². The predicted octanol–water partition coefficient (Wildman–Crippen LogP) is 2.71. The second-order valence-electron chi connectivity index (χ2n) is 8.88. The molecular formula is C25H38N4O4. The first-order valence-electron chi connectivity index (χ1n) is 11.9. The van der Waals surface area contributed by atoms with Gasteiger partial charge in [-0.05, 0) is 32.5 Å². The average molecular weight is 459 g/mol. The Balaban J connectivity index is 2.09. The van der Waals surface area contributed by atoms with Gasteiger partial charge in [-0.25, -0.2) is 0 Å². The van der Waals surface area contributed by atoms with Crippen molar-refractivity contribution < 1.29 is 19.2 Å². The largest absolute Gasteiger partial charge is 0.373 e. The number of nitrogens with zero attached hydrogens (tertiary/aromatic N) is 3. The molecule has 1 aliphatic heterocycles. The highest BCUT2D eigenvalue weighted by molar-refractivity contribution is 6.09. The molecule has 1 atom stereocenters. The first-order valence-corrected chi connectivity index (χ1v) is 11.9. The van der Waals surface area contributed by atoms with E-state index in [4.69, 9.17) is 0 Å². The van der Waals surface area contributed by atoms with E-state index in [2.05, 4.69) is 24.2 Å². The Labute approximate surface area is 197 Å². The molecule has 182 valence electrons. The van der Waals surface area contributed by atoms with Crippen LogP contribution in [-0.4, -0.2) is 80.6 Å². The minimum absolute atomic E-state index is 0.181. The van der Waals surface area contributed by atoms with E-state index in [0.29, 0.717) is 18.5 Å². The molecule has 0 aromatic heterocycles. The standard InChI is InChI=1S/C25H38N4O4/c1-5-6-7-8-9-15-27(2)16-17-28(3)20-12-10-11-19(18-30)23(20)25(33)29(4)21-13-14-22(31)26-24(21)32/h10-12,18,21H,5-9,13-17H2,1-4H3,(H,26,31,32). The van der Waals surface area contributed by atoms with E-state index >= 15 is 0 Å². The van der Waals surface area contributed by atoms with Crippen LogP contribution < -0.4 is 10.2 Å². The minimum Gasteiger partial charge on any atom is -0.373 e. The average Bonchev–Trinajstić information content (AvgIpc) is 2.81. The maximum atomic E-state index is 13.4. The number of benzene rings is 1. The molecule has 0 radical (unpaired) electrons. The lowest BCUT2D eigenvalue weighted by atomic mass is 10.0. The van der Waals surface area contributed by atoms with Crippen molar-refractivity contribution in [1.82, 2.24) is 15.1 Å². The molecule has 0 saturated carbocycles. The summed E-state index contributed by atoms with van der Waals surface area (Å²) in [5.74, 6) is -1.22. The van der Waals surface area contributed by atoms with Crippen LogP contribution in [-0.2, 0) is 9.59 Å². The van der Waals surface area contributed by atoms with Crippen LogP contribution >= 0.6 is 0 Å². The van der Waals surface area contributed by atoms with Gasteiger partial charge in [-0.15, -0.1) is 0 Å². The van der Waals surface area contributed by atoms with Crippen molar-refractivity contribution in [2.24, 2.45) is 0 Å². The normalized spacial score (nSPS) is 16.0. The number of hydrogen-bond acceptors (Lipinski definition) is 6. The maximum absolute atomic E-state index is 13.4. The molecule has 1 aromatic carbocycles. The quantitative estimate of drug-likeness (QED) is 0.278. The van der Waals surface area contributed by atoms with Crippen molar-refractivity contribution in [2.75, 3.05) is 45.7 Å². The fourth-order valence-corrected chi connectivity index (χ4v) is 4.11. The highest BCUT2D eigenvalue weighted by atomic mass is 16.2. The monoisotopic (exact) mass is 458 g/mol. The SMILES string of the molecule is CCCCCCCN(C)CCN(C)c1cccc(C=O)c1C(=O)N(C)C1CCC(=O)NC1=O. The van der Waals surface area contributed by atoms with Crippen LogP contribution in [0.25, 0.3) is 0 Å². The summed E-state index contributed by atoms with van der Waals surface area (Å²) in [6, 6.07) is 4.45. The highest BCUT2D eigenvalue weighted by Gasteiger charge is 2.34. The highest BCUT2D eigenvalue weighted by Crippen LogP contribution is 2.26. The number of carbonyl (C=O) groups is 4. The van der Waals surface area contributed by atoms with Gasteiger partial charge < -0.3 is 14.7 Å². The molecule has 1 fully saturated rings. The number of carbonyl (C=O) groups excluding carboxylic acids is 4. The van der Waals surface area contributed by atoms with Gasteiger partial charge in [0, 0.05) is 39.2 Å². The van der Waals surface area contributed by atoms with Crippen LogP contribution in [0.5, 0.6) is 0 Å². The van der Waals surface area contributed by atoms with E-state index < -0.39 is 17.9 Å². The Hall–Kier alpha value is -2.74. The van der Waals surface area contributed by atoms with Crippen LogP contribution in [0.2, 0.25) is 0 Å². The fraction of sp³-hybridized carbons (Fsp3) is 0.600. The molecule has 1 N–H and O–H groups in total. The zero-order valence-electron chi connectivity index (χ0n) is 20.4. The van der Waals surface area contributed by atoms with Crippen LogP contribution in [0.4, 0.5) is 5.69 Å². The summed E-state index contributed by atoms with van der Waals surface area (Å²) >= 11 is 0. The van der Waals surface area contributed by atoms with Crippen LogP contribution in [0.3, 0.4) is 0 Å². The molecule has 33 heavy (non-hydrogen) atoms. The van der Waals surface area contributed by atoms with Crippen LogP contribution in [0.15, 0.2) is 18.2 Å². The summed E-state index contributed by atoms with van der Waals surface area (Å²) in [4.78, 5) is 54.5. The summed E-state index contributed by atoms with van der Waals surface area (Å²) in [6.45, 7) is 4.75. The molecule has 2 rings (SSSR count). The minimum atomic E-state index is -0.744. The van der Waals surface area contributed by atoms with Crippen LogP contribution in [0, 0.1) is 0 Å². The zero-order valence-corrected chi connectivity index (χ0v) is 20.4. The molecule has 3 amide bonds. The van der Waals surface area contributed by atoms with E-state index in [1.54, 1.807) is 19.2 Å². The smallest absolute Gasteiger partial charge is 0.257 e. The van der Waals surface area contributed by atoms with Crippen molar-refractivity contribution >= 4 is 29.7 Å². The third kappa shape index (κ3) is 7.39. The fourth-order valence-electron chi connectivity index (χ4n) is 4.11. The third-order valence-corrected chi connectivity index (χ3v) is 6.29. The van der Waals surface area contributed by atoms with Gasteiger partial charge in [0.25, 0.3) is 5.91 Å². The van der Waals surface area contributed by atoms with Crippen molar-refractivity contribution in [1.29, 1.82) is 0 Å². The Morgan fingerprint density at radius 3 is 2.45 bits per heavy atom. The lowest BCUT2D eigenvalue weighted by Gasteiger charge is -2.32. The predicted molar refractivity (Wildman–Crippen MR) is 130 cm³/mol. The topological polar surface area (TPSA) is 90.0 Å². The number of nitrogens with one attached hydrogen (secondary N) is 1.